The molecule has 8 rings (SSSR count). The van der Waals surface area contributed by atoms with Gasteiger partial charge in [-0.05, 0) is 88.6 Å². The maximum atomic E-state index is 2.37. The monoisotopic (exact) mass is 506 g/mol. The van der Waals surface area contributed by atoms with E-state index in [1.54, 1.807) is 0 Å². The van der Waals surface area contributed by atoms with Crippen LogP contribution in [0.4, 0.5) is 0 Å². The van der Waals surface area contributed by atoms with Crippen LogP contribution >= 0.6 is 0 Å². The molecule has 0 heterocycles. The highest BCUT2D eigenvalue weighted by atomic mass is 14.2. The van der Waals surface area contributed by atoms with Gasteiger partial charge in [0.05, 0.1) is 0 Å². The molecule has 8 aromatic rings. The van der Waals surface area contributed by atoms with Crippen molar-refractivity contribution in [3.63, 3.8) is 0 Å². The minimum atomic E-state index is 1.24. The van der Waals surface area contributed by atoms with Gasteiger partial charge >= 0.3 is 0 Å². The van der Waals surface area contributed by atoms with Gasteiger partial charge in [0.2, 0.25) is 0 Å². The molecule has 0 fully saturated rings. The molecule has 0 spiro atoms. The van der Waals surface area contributed by atoms with Crippen molar-refractivity contribution in [2.75, 3.05) is 0 Å². The Labute approximate surface area is 233 Å². The number of fused-ring (bicyclic) bond motifs is 4. The van der Waals surface area contributed by atoms with Crippen LogP contribution in [-0.4, -0.2) is 0 Å². The topological polar surface area (TPSA) is 0 Å². The van der Waals surface area contributed by atoms with Gasteiger partial charge in [0.1, 0.15) is 0 Å². The van der Waals surface area contributed by atoms with Crippen LogP contribution in [0.25, 0.3) is 76.5 Å². The molecule has 0 nitrogen and oxygen atoms in total. The van der Waals surface area contributed by atoms with Crippen LogP contribution in [0, 0.1) is 0 Å². The summed E-state index contributed by atoms with van der Waals surface area (Å²) in [6.07, 6.45) is 0. The number of hydrogen-bond donors (Lipinski definition) is 0. The first-order chi connectivity index (χ1) is 19.8. The molecule has 0 saturated heterocycles. The molecule has 0 aliphatic carbocycles. The Morgan fingerprint density at radius 1 is 0.250 bits per heavy atom. The first kappa shape index (κ1) is 22.8. The summed E-state index contributed by atoms with van der Waals surface area (Å²) in [6, 6.07) is 57.5. The van der Waals surface area contributed by atoms with E-state index in [1.807, 2.05) is 0 Å². The van der Waals surface area contributed by atoms with E-state index in [1.165, 1.54) is 76.5 Å². The molecule has 186 valence electrons. The van der Waals surface area contributed by atoms with Crippen LogP contribution in [0.2, 0.25) is 0 Å². The highest BCUT2D eigenvalue weighted by molar-refractivity contribution is 6.23. The highest BCUT2D eigenvalue weighted by Crippen LogP contribution is 2.45. The number of benzene rings is 8. The summed E-state index contributed by atoms with van der Waals surface area (Å²) in [5.41, 5.74) is 7.61. The minimum absolute atomic E-state index is 1.24. The predicted molar refractivity (Wildman–Crippen MR) is 173 cm³/mol. The van der Waals surface area contributed by atoms with E-state index in [2.05, 4.69) is 158 Å². The lowest BCUT2D eigenvalue weighted by Gasteiger charge is -2.19. The second kappa shape index (κ2) is 9.22. The van der Waals surface area contributed by atoms with E-state index in [-0.39, 0.29) is 0 Å². The van der Waals surface area contributed by atoms with E-state index in [4.69, 9.17) is 0 Å². The Kier molecular flexibility index (Phi) is 5.24. The second-order valence-electron chi connectivity index (χ2n) is 10.5. The van der Waals surface area contributed by atoms with Crippen molar-refractivity contribution in [2.45, 2.75) is 0 Å². The van der Waals surface area contributed by atoms with Crippen LogP contribution in [-0.2, 0) is 0 Å². The lowest BCUT2D eigenvalue weighted by atomic mass is 9.84. The van der Waals surface area contributed by atoms with Gasteiger partial charge in [-0.2, -0.15) is 0 Å². The van der Waals surface area contributed by atoms with Crippen LogP contribution in [0.1, 0.15) is 0 Å². The van der Waals surface area contributed by atoms with Crippen LogP contribution in [0.15, 0.2) is 158 Å². The first-order valence-corrected chi connectivity index (χ1v) is 13.9. The summed E-state index contributed by atoms with van der Waals surface area (Å²) in [5, 5.41) is 10.2. The molecule has 40 heavy (non-hydrogen) atoms. The first-order valence-electron chi connectivity index (χ1n) is 13.9. The summed E-state index contributed by atoms with van der Waals surface area (Å²) in [4.78, 5) is 0. The van der Waals surface area contributed by atoms with Gasteiger partial charge < -0.3 is 0 Å². The van der Waals surface area contributed by atoms with Gasteiger partial charge in [0.25, 0.3) is 0 Å². The molecular weight excluding hydrogens is 480 g/mol. The van der Waals surface area contributed by atoms with E-state index >= 15 is 0 Å². The van der Waals surface area contributed by atoms with Crippen molar-refractivity contribution < 1.29 is 0 Å². The normalized spacial score (nSPS) is 11.5. The van der Waals surface area contributed by atoms with Gasteiger partial charge in [-0.25, -0.2) is 0 Å². The zero-order valence-corrected chi connectivity index (χ0v) is 22.0. The molecule has 0 aliphatic heterocycles. The van der Waals surface area contributed by atoms with Crippen molar-refractivity contribution in [3.8, 4) is 33.4 Å². The van der Waals surface area contributed by atoms with Gasteiger partial charge in [-0.1, -0.05) is 146 Å². The van der Waals surface area contributed by atoms with E-state index < -0.39 is 0 Å². The Morgan fingerprint density at radius 2 is 0.775 bits per heavy atom. The predicted octanol–water partition coefficient (Wildman–Crippen LogP) is 11.3. The highest BCUT2D eigenvalue weighted by Gasteiger charge is 2.18. The minimum Gasteiger partial charge on any atom is -0.0622 e. The fraction of sp³-hybridized carbons (Fsp3) is 0. The van der Waals surface area contributed by atoms with E-state index in [0.29, 0.717) is 0 Å². The molecule has 0 N–H and O–H groups in total. The molecule has 0 aromatic heterocycles. The number of rotatable bonds is 3. The molecule has 0 amide bonds. The van der Waals surface area contributed by atoms with E-state index in [0.717, 1.165) is 0 Å². The molecule has 0 radical (unpaired) electrons. The van der Waals surface area contributed by atoms with E-state index in [9.17, 15) is 0 Å². The van der Waals surface area contributed by atoms with Gasteiger partial charge in [-0.3, -0.25) is 0 Å². The molecule has 0 saturated carbocycles. The largest absolute Gasteiger partial charge is 0.0622 e. The summed E-state index contributed by atoms with van der Waals surface area (Å²) >= 11 is 0. The van der Waals surface area contributed by atoms with Gasteiger partial charge in [0.15, 0.2) is 0 Å². The molecule has 0 bridgehead atoms. The van der Waals surface area contributed by atoms with Crippen molar-refractivity contribution >= 4 is 43.1 Å². The maximum Gasteiger partial charge on any atom is -0.00201 e. The van der Waals surface area contributed by atoms with Gasteiger partial charge in [-0.15, -0.1) is 0 Å². The standard InChI is InChI=1S/C40H26/c1-2-11-27(12-3-1)30-23-21-28-22-24-31(26-32(28)25-30)39-35-16-6-8-18-37(35)40(38-19-9-7-17-36(38)39)34-20-10-14-29-13-4-5-15-33(29)34/h1-26H. The van der Waals surface area contributed by atoms with Crippen LogP contribution < -0.4 is 0 Å². The third-order valence-electron chi connectivity index (χ3n) is 8.23. The Balaban J connectivity index is 1.44. The zero-order valence-electron chi connectivity index (χ0n) is 22.0. The molecule has 0 atom stereocenters. The third kappa shape index (κ3) is 3.61. The average molecular weight is 507 g/mol. The maximum absolute atomic E-state index is 2.37. The van der Waals surface area contributed by atoms with Crippen LogP contribution in [0.5, 0.6) is 0 Å². The van der Waals surface area contributed by atoms with Gasteiger partial charge in [0, 0.05) is 0 Å². The van der Waals surface area contributed by atoms with Crippen molar-refractivity contribution in [1.82, 2.24) is 0 Å². The summed E-state index contributed by atoms with van der Waals surface area (Å²) in [6.45, 7) is 0. The average Bonchev–Trinajstić information content (AvgIpc) is 3.03. The molecule has 0 heteroatoms. The van der Waals surface area contributed by atoms with Crippen molar-refractivity contribution in [1.29, 1.82) is 0 Å². The van der Waals surface area contributed by atoms with Crippen molar-refractivity contribution in [3.05, 3.63) is 158 Å². The smallest absolute Gasteiger partial charge is 0.00201 e. The summed E-state index contributed by atoms with van der Waals surface area (Å²) < 4.78 is 0. The zero-order chi connectivity index (χ0) is 26.5. The Morgan fingerprint density at radius 3 is 1.48 bits per heavy atom. The molecular formula is C40H26. The molecule has 8 aromatic carbocycles. The Hall–Kier alpha value is -5.20. The second-order valence-corrected chi connectivity index (χ2v) is 10.5. The summed E-state index contributed by atoms with van der Waals surface area (Å²) in [7, 11) is 0. The SMILES string of the molecule is c1ccc(-c2ccc3ccc(-c4c5ccccc5c(-c5cccc6ccccc56)c5ccccc45)cc3c2)cc1. The summed E-state index contributed by atoms with van der Waals surface area (Å²) in [5.74, 6) is 0. The third-order valence-corrected chi connectivity index (χ3v) is 8.23. The fourth-order valence-electron chi connectivity index (χ4n) is 6.39. The molecule has 0 unspecified atom stereocenters. The Bertz CT molecular complexity index is 2140. The van der Waals surface area contributed by atoms with Crippen LogP contribution in [0.3, 0.4) is 0 Å². The molecule has 0 aliphatic rings. The van der Waals surface area contributed by atoms with Crippen molar-refractivity contribution in [2.24, 2.45) is 0 Å². The number of hydrogen-bond acceptors (Lipinski definition) is 0. The fourth-order valence-corrected chi connectivity index (χ4v) is 6.39. The lowest BCUT2D eigenvalue weighted by molar-refractivity contribution is 1.64. The lowest BCUT2D eigenvalue weighted by Crippen LogP contribution is -1.91. The quantitative estimate of drug-likeness (QED) is 0.209.